The standard InChI is InChI=1S/C31H57NO/c1-5-6-7-8-19-33-20-9-10-23(2)27-13-14-28-26-12-11-25-21-24(22-32)15-17-30(25,3)29(26)16-18-31(27,28)4/h23-29H,5-22,32H2,1-4H3/t23-,24+,25-,26?,27-,28?,29?,30+,31-/m1/s1. The monoisotopic (exact) mass is 459 g/mol. The first-order valence-corrected chi connectivity index (χ1v) is 15.2. The highest BCUT2D eigenvalue weighted by Crippen LogP contribution is 2.68. The lowest BCUT2D eigenvalue weighted by molar-refractivity contribution is -0.120. The summed E-state index contributed by atoms with van der Waals surface area (Å²) in [5.74, 6) is 6.61. The van der Waals surface area contributed by atoms with Crippen LogP contribution in [0.25, 0.3) is 0 Å². The molecule has 2 nitrogen and oxygen atoms in total. The van der Waals surface area contributed by atoms with E-state index in [0.29, 0.717) is 10.8 Å². The topological polar surface area (TPSA) is 35.2 Å². The van der Waals surface area contributed by atoms with E-state index in [9.17, 15) is 0 Å². The van der Waals surface area contributed by atoms with Crippen LogP contribution in [0, 0.1) is 52.3 Å². The molecule has 0 amide bonds. The quantitative estimate of drug-likeness (QED) is 0.316. The predicted molar refractivity (Wildman–Crippen MR) is 141 cm³/mol. The van der Waals surface area contributed by atoms with Crippen molar-refractivity contribution in [3.05, 3.63) is 0 Å². The van der Waals surface area contributed by atoms with Crippen LogP contribution in [0.15, 0.2) is 0 Å². The smallest absolute Gasteiger partial charge is 0.0466 e. The summed E-state index contributed by atoms with van der Waals surface area (Å²) in [6.45, 7) is 13.2. The van der Waals surface area contributed by atoms with Gasteiger partial charge in [0.25, 0.3) is 0 Å². The van der Waals surface area contributed by atoms with E-state index < -0.39 is 0 Å². The first-order chi connectivity index (χ1) is 15.9. The van der Waals surface area contributed by atoms with Crippen LogP contribution in [-0.4, -0.2) is 19.8 Å². The molecule has 0 aromatic carbocycles. The van der Waals surface area contributed by atoms with Gasteiger partial charge in [-0.25, -0.2) is 0 Å². The summed E-state index contributed by atoms with van der Waals surface area (Å²) in [6, 6.07) is 0. The average molecular weight is 460 g/mol. The molecule has 33 heavy (non-hydrogen) atoms. The maximum atomic E-state index is 6.10. The Kier molecular flexibility index (Phi) is 8.92. The highest BCUT2D eigenvalue weighted by atomic mass is 16.5. The summed E-state index contributed by atoms with van der Waals surface area (Å²) in [5.41, 5.74) is 7.33. The summed E-state index contributed by atoms with van der Waals surface area (Å²) in [7, 11) is 0. The lowest BCUT2D eigenvalue weighted by Gasteiger charge is -2.61. The molecule has 0 spiro atoms. The van der Waals surface area contributed by atoms with E-state index >= 15 is 0 Å². The van der Waals surface area contributed by atoms with Crippen molar-refractivity contribution in [2.45, 2.75) is 124 Å². The molecule has 3 unspecified atom stereocenters. The molecular formula is C31H57NO. The Morgan fingerprint density at radius 1 is 0.848 bits per heavy atom. The van der Waals surface area contributed by atoms with Gasteiger partial charge in [0.1, 0.15) is 0 Å². The Labute approximate surface area is 206 Å². The van der Waals surface area contributed by atoms with Crippen LogP contribution >= 0.6 is 0 Å². The van der Waals surface area contributed by atoms with Crippen molar-refractivity contribution in [2.24, 2.45) is 58.0 Å². The summed E-state index contributed by atoms with van der Waals surface area (Å²) >= 11 is 0. The van der Waals surface area contributed by atoms with Crippen molar-refractivity contribution in [1.82, 2.24) is 0 Å². The minimum Gasteiger partial charge on any atom is -0.381 e. The largest absolute Gasteiger partial charge is 0.381 e. The van der Waals surface area contributed by atoms with E-state index in [1.807, 2.05) is 0 Å². The summed E-state index contributed by atoms with van der Waals surface area (Å²) in [6.07, 6.45) is 21.2. The van der Waals surface area contributed by atoms with Gasteiger partial charge in [0, 0.05) is 13.2 Å². The molecule has 2 N–H and O–H groups in total. The third kappa shape index (κ3) is 5.23. The number of hydrogen-bond acceptors (Lipinski definition) is 2. The van der Waals surface area contributed by atoms with E-state index in [0.717, 1.165) is 61.2 Å². The fourth-order valence-corrected chi connectivity index (χ4v) is 9.98. The summed E-state index contributed by atoms with van der Waals surface area (Å²) in [5, 5.41) is 0. The molecule has 0 bridgehead atoms. The van der Waals surface area contributed by atoms with Gasteiger partial charge in [0.2, 0.25) is 0 Å². The Morgan fingerprint density at radius 3 is 2.39 bits per heavy atom. The fraction of sp³-hybridized carbons (Fsp3) is 1.00. The van der Waals surface area contributed by atoms with Crippen molar-refractivity contribution >= 4 is 0 Å². The van der Waals surface area contributed by atoms with Crippen molar-refractivity contribution in [2.75, 3.05) is 19.8 Å². The van der Waals surface area contributed by atoms with Crippen LogP contribution < -0.4 is 5.73 Å². The molecule has 4 saturated carbocycles. The molecule has 4 rings (SSSR count). The van der Waals surface area contributed by atoms with Gasteiger partial charge >= 0.3 is 0 Å². The molecule has 0 aliphatic heterocycles. The van der Waals surface area contributed by atoms with Crippen molar-refractivity contribution < 1.29 is 4.74 Å². The van der Waals surface area contributed by atoms with Gasteiger partial charge < -0.3 is 10.5 Å². The third-order valence-corrected chi connectivity index (χ3v) is 12.0. The molecule has 0 saturated heterocycles. The Balaban J connectivity index is 1.29. The van der Waals surface area contributed by atoms with E-state index in [-0.39, 0.29) is 0 Å². The van der Waals surface area contributed by atoms with Crippen LogP contribution in [0.3, 0.4) is 0 Å². The van der Waals surface area contributed by atoms with Gasteiger partial charge in [-0.05, 0) is 136 Å². The number of rotatable bonds is 11. The zero-order chi connectivity index (χ0) is 23.5. The first-order valence-electron chi connectivity index (χ1n) is 15.2. The van der Waals surface area contributed by atoms with Gasteiger partial charge in [-0.2, -0.15) is 0 Å². The molecule has 9 atom stereocenters. The lowest BCUT2D eigenvalue weighted by atomic mass is 9.44. The minimum atomic E-state index is 0.610. The SMILES string of the molecule is CCCCCCOCCC[C@@H](C)[C@H]1CCC2C3CC[C@@H]4C[C@@H](CN)CC[C@]4(C)C3CC[C@@]21C. The first kappa shape index (κ1) is 26.0. The number of ether oxygens (including phenoxy) is 1. The van der Waals surface area contributed by atoms with Crippen LogP contribution in [0.5, 0.6) is 0 Å². The van der Waals surface area contributed by atoms with Gasteiger partial charge in [-0.3, -0.25) is 0 Å². The number of unbranched alkanes of at least 4 members (excludes halogenated alkanes) is 3. The maximum absolute atomic E-state index is 6.10. The van der Waals surface area contributed by atoms with E-state index in [4.69, 9.17) is 10.5 Å². The van der Waals surface area contributed by atoms with Gasteiger partial charge in [-0.15, -0.1) is 0 Å². The second-order valence-corrected chi connectivity index (χ2v) is 13.6. The van der Waals surface area contributed by atoms with Crippen LogP contribution in [0.4, 0.5) is 0 Å². The zero-order valence-electron chi connectivity index (χ0n) is 22.8. The zero-order valence-corrected chi connectivity index (χ0v) is 22.8. The molecule has 0 aromatic rings. The van der Waals surface area contributed by atoms with Crippen LogP contribution in [-0.2, 0) is 4.74 Å². The number of nitrogens with two attached hydrogens (primary N) is 1. The number of fused-ring (bicyclic) bond motifs is 5. The van der Waals surface area contributed by atoms with Crippen LogP contribution in [0.1, 0.15) is 124 Å². The predicted octanol–water partition coefficient (Wildman–Crippen LogP) is 8.23. The highest BCUT2D eigenvalue weighted by Gasteiger charge is 2.60. The normalized spacial score (nSPS) is 43.5. The van der Waals surface area contributed by atoms with E-state index in [1.54, 1.807) is 0 Å². The Bertz CT molecular complexity index is 606. The molecule has 4 aliphatic rings. The van der Waals surface area contributed by atoms with Crippen molar-refractivity contribution in [1.29, 1.82) is 0 Å². The third-order valence-electron chi connectivity index (χ3n) is 12.0. The van der Waals surface area contributed by atoms with E-state index in [2.05, 4.69) is 27.7 Å². The highest BCUT2D eigenvalue weighted by molar-refractivity contribution is 5.09. The van der Waals surface area contributed by atoms with Gasteiger partial charge in [0.05, 0.1) is 0 Å². The lowest BCUT2D eigenvalue weighted by Crippen LogP contribution is -2.54. The average Bonchev–Trinajstić information content (AvgIpc) is 3.17. The molecule has 0 aromatic heterocycles. The maximum Gasteiger partial charge on any atom is 0.0466 e. The summed E-state index contributed by atoms with van der Waals surface area (Å²) in [4.78, 5) is 0. The van der Waals surface area contributed by atoms with Gasteiger partial charge in [-0.1, -0.05) is 47.0 Å². The fourth-order valence-electron chi connectivity index (χ4n) is 9.98. The molecule has 0 radical (unpaired) electrons. The number of hydrogen-bond donors (Lipinski definition) is 1. The van der Waals surface area contributed by atoms with E-state index in [1.165, 1.54) is 96.3 Å². The summed E-state index contributed by atoms with van der Waals surface area (Å²) < 4.78 is 5.96. The second-order valence-electron chi connectivity index (χ2n) is 13.6. The molecular weight excluding hydrogens is 402 g/mol. The molecule has 2 heteroatoms. The van der Waals surface area contributed by atoms with Crippen molar-refractivity contribution in [3.8, 4) is 0 Å². The Morgan fingerprint density at radius 2 is 1.61 bits per heavy atom. The van der Waals surface area contributed by atoms with Crippen molar-refractivity contribution in [3.63, 3.8) is 0 Å². The molecule has 4 fully saturated rings. The Hall–Kier alpha value is -0.0800. The molecule has 0 heterocycles. The second kappa shape index (κ2) is 11.3. The minimum absolute atomic E-state index is 0.610. The van der Waals surface area contributed by atoms with Gasteiger partial charge in [0.15, 0.2) is 0 Å². The molecule has 192 valence electrons. The van der Waals surface area contributed by atoms with Crippen LogP contribution in [0.2, 0.25) is 0 Å². The molecule has 4 aliphatic carbocycles.